The van der Waals surface area contributed by atoms with E-state index in [9.17, 15) is 0 Å². The number of hydrogen-bond donors (Lipinski definition) is 3. The summed E-state index contributed by atoms with van der Waals surface area (Å²) >= 11 is 0. The summed E-state index contributed by atoms with van der Waals surface area (Å²) in [6, 6.07) is 8.40. The molecule has 0 spiro atoms. The van der Waals surface area contributed by atoms with Crippen LogP contribution in [0.25, 0.3) is 6.08 Å². The minimum atomic E-state index is 0.697. The lowest BCUT2D eigenvalue weighted by molar-refractivity contribution is 0.615. The van der Waals surface area contributed by atoms with Gasteiger partial charge in [-0.15, -0.1) is 0 Å². The Balaban J connectivity index is 2.14. The molecule has 0 aromatic heterocycles. The van der Waals surface area contributed by atoms with Gasteiger partial charge in [-0.2, -0.15) is 0 Å². The molecule has 0 saturated heterocycles. The summed E-state index contributed by atoms with van der Waals surface area (Å²) in [6.07, 6.45) is 1.86. The predicted molar refractivity (Wildman–Crippen MR) is 70.2 cm³/mol. The van der Waals surface area contributed by atoms with E-state index >= 15 is 0 Å². The SMILES string of the molecule is C=Cc1ccc(CNCCNCCN)cc1. The summed E-state index contributed by atoms with van der Waals surface area (Å²) in [6.45, 7) is 8.14. The van der Waals surface area contributed by atoms with Crippen molar-refractivity contribution in [2.24, 2.45) is 5.73 Å². The summed E-state index contributed by atoms with van der Waals surface area (Å²) in [5.41, 5.74) is 7.83. The molecule has 1 rings (SSSR count). The zero-order valence-corrected chi connectivity index (χ0v) is 9.71. The summed E-state index contributed by atoms with van der Waals surface area (Å²) in [7, 11) is 0. The van der Waals surface area contributed by atoms with Crippen molar-refractivity contribution in [3.05, 3.63) is 42.0 Å². The van der Waals surface area contributed by atoms with Crippen LogP contribution in [0.4, 0.5) is 0 Å². The highest BCUT2D eigenvalue weighted by Crippen LogP contribution is 2.04. The minimum absolute atomic E-state index is 0.697. The van der Waals surface area contributed by atoms with Gasteiger partial charge in [0.15, 0.2) is 0 Å². The molecule has 0 bridgehead atoms. The normalized spacial score (nSPS) is 10.3. The number of nitrogens with one attached hydrogen (secondary N) is 2. The number of rotatable bonds is 8. The van der Waals surface area contributed by atoms with E-state index in [1.54, 1.807) is 0 Å². The van der Waals surface area contributed by atoms with Crippen LogP contribution in [-0.2, 0) is 6.54 Å². The largest absolute Gasteiger partial charge is 0.329 e. The van der Waals surface area contributed by atoms with Gasteiger partial charge in [0.05, 0.1) is 0 Å². The monoisotopic (exact) mass is 219 g/mol. The highest BCUT2D eigenvalue weighted by atomic mass is 14.9. The molecular formula is C13H21N3. The third-order valence-electron chi connectivity index (χ3n) is 2.34. The Bertz CT molecular complexity index is 293. The summed E-state index contributed by atoms with van der Waals surface area (Å²) in [5.74, 6) is 0. The fourth-order valence-corrected chi connectivity index (χ4v) is 1.41. The van der Waals surface area contributed by atoms with E-state index < -0.39 is 0 Å². The smallest absolute Gasteiger partial charge is 0.0206 e. The summed E-state index contributed by atoms with van der Waals surface area (Å²) < 4.78 is 0. The van der Waals surface area contributed by atoms with Gasteiger partial charge in [0.25, 0.3) is 0 Å². The first-order valence-electron chi connectivity index (χ1n) is 5.69. The first-order chi connectivity index (χ1) is 7.86. The van der Waals surface area contributed by atoms with Gasteiger partial charge in [-0.25, -0.2) is 0 Å². The predicted octanol–water partition coefficient (Wildman–Crippen LogP) is 0.968. The molecule has 0 aliphatic rings. The molecule has 1 aromatic carbocycles. The van der Waals surface area contributed by atoms with Crippen LogP contribution >= 0.6 is 0 Å². The number of nitrogens with two attached hydrogens (primary N) is 1. The molecule has 16 heavy (non-hydrogen) atoms. The minimum Gasteiger partial charge on any atom is -0.329 e. The Morgan fingerprint density at radius 2 is 1.75 bits per heavy atom. The Hall–Kier alpha value is -1.16. The van der Waals surface area contributed by atoms with Crippen LogP contribution in [0, 0.1) is 0 Å². The van der Waals surface area contributed by atoms with Gasteiger partial charge in [0, 0.05) is 32.7 Å². The molecule has 0 aliphatic carbocycles. The van der Waals surface area contributed by atoms with Crippen LogP contribution in [0.1, 0.15) is 11.1 Å². The third kappa shape index (κ3) is 5.07. The topological polar surface area (TPSA) is 50.1 Å². The Morgan fingerprint density at radius 1 is 1.06 bits per heavy atom. The van der Waals surface area contributed by atoms with Crippen molar-refractivity contribution < 1.29 is 0 Å². The third-order valence-corrected chi connectivity index (χ3v) is 2.34. The lowest BCUT2D eigenvalue weighted by Gasteiger charge is -2.06. The average Bonchev–Trinajstić information content (AvgIpc) is 2.34. The van der Waals surface area contributed by atoms with E-state index in [-0.39, 0.29) is 0 Å². The molecule has 0 fully saturated rings. The van der Waals surface area contributed by atoms with Crippen molar-refractivity contribution in [1.82, 2.24) is 10.6 Å². The van der Waals surface area contributed by atoms with E-state index in [2.05, 4.69) is 41.5 Å². The Kier molecular flexibility index (Phi) is 6.49. The molecule has 0 radical (unpaired) electrons. The van der Waals surface area contributed by atoms with Crippen molar-refractivity contribution in [1.29, 1.82) is 0 Å². The lowest BCUT2D eigenvalue weighted by Crippen LogP contribution is -2.30. The second kappa shape index (κ2) is 8.05. The maximum absolute atomic E-state index is 5.37. The van der Waals surface area contributed by atoms with Gasteiger partial charge >= 0.3 is 0 Å². The first-order valence-corrected chi connectivity index (χ1v) is 5.69. The van der Waals surface area contributed by atoms with Crippen LogP contribution < -0.4 is 16.4 Å². The highest BCUT2D eigenvalue weighted by Gasteiger charge is 1.92. The molecular weight excluding hydrogens is 198 g/mol. The fraction of sp³-hybridized carbons (Fsp3) is 0.385. The maximum atomic E-state index is 5.37. The molecule has 0 heterocycles. The fourth-order valence-electron chi connectivity index (χ4n) is 1.41. The van der Waals surface area contributed by atoms with Crippen LogP contribution in [0.5, 0.6) is 0 Å². The highest BCUT2D eigenvalue weighted by molar-refractivity contribution is 5.47. The van der Waals surface area contributed by atoms with Crippen LogP contribution in [0.15, 0.2) is 30.8 Å². The lowest BCUT2D eigenvalue weighted by atomic mass is 10.1. The molecule has 0 saturated carbocycles. The molecule has 0 aliphatic heterocycles. The van der Waals surface area contributed by atoms with E-state index in [0.29, 0.717) is 6.54 Å². The van der Waals surface area contributed by atoms with E-state index in [1.807, 2.05) is 6.08 Å². The second-order valence-electron chi connectivity index (χ2n) is 3.66. The number of hydrogen-bond acceptors (Lipinski definition) is 3. The van der Waals surface area contributed by atoms with Crippen LogP contribution in [0.3, 0.4) is 0 Å². The summed E-state index contributed by atoms with van der Waals surface area (Å²) in [5, 5.41) is 6.61. The molecule has 0 atom stereocenters. The number of benzene rings is 1. The van der Waals surface area contributed by atoms with Crippen molar-refractivity contribution in [2.75, 3.05) is 26.2 Å². The Morgan fingerprint density at radius 3 is 2.38 bits per heavy atom. The maximum Gasteiger partial charge on any atom is 0.0206 e. The van der Waals surface area contributed by atoms with Crippen LogP contribution in [0.2, 0.25) is 0 Å². The zero-order chi connectivity index (χ0) is 11.6. The first kappa shape index (κ1) is 12.9. The Labute approximate surface area is 97.7 Å². The van der Waals surface area contributed by atoms with Crippen molar-refractivity contribution in [3.8, 4) is 0 Å². The quantitative estimate of drug-likeness (QED) is 0.571. The molecule has 4 N–H and O–H groups in total. The molecule has 1 aromatic rings. The van der Waals surface area contributed by atoms with Gasteiger partial charge in [-0.05, 0) is 11.1 Å². The van der Waals surface area contributed by atoms with Crippen molar-refractivity contribution in [3.63, 3.8) is 0 Å². The van der Waals surface area contributed by atoms with Crippen molar-refractivity contribution >= 4 is 6.08 Å². The van der Waals surface area contributed by atoms with Gasteiger partial charge in [-0.1, -0.05) is 36.9 Å². The van der Waals surface area contributed by atoms with Gasteiger partial charge in [-0.3, -0.25) is 0 Å². The van der Waals surface area contributed by atoms with Gasteiger partial charge in [0.2, 0.25) is 0 Å². The van der Waals surface area contributed by atoms with E-state index in [1.165, 1.54) is 5.56 Å². The van der Waals surface area contributed by atoms with Gasteiger partial charge < -0.3 is 16.4 Å². The average molecular weight is 219 g/mol. The molecule has 3 heteroatoms. The van der Waals surface area contributed by atoms with Gasteiger partial charge in [0.1, 0.15) is 0 Å². The second-order valence-corrected chi connectivity index (χ2v) is 3.66. The molecule has 3 nitrogen and oxygen atoms in total. The summed E-state index contributed by atoms with van der Waals surface area (Å²) in [4.78, 5) is 0. The molecule has 0 amide bonds. The van der Waals surface area contributed by atoms with Crippen LogP contribution in [-0.4, -0.2) is 26.2 Å². The van der Waals surface area contributed by atoms with Crippen molar-refractivity contribution in [2.45, 2.75) is 6.54 Å². The zero-order valence-electron chi connectivity index (χ0n) is 9.71. The standard InChI is InChI=1S/C13H21N3/c1-2-12-3-5-13(6-4-12)11-16-10-9-15-8-7-14/h2-6,15-16H,1,7-11,14H2. The molecule has 88 valence electrons. The molecule has 0 unspecified atom stereocenters. The van der Waals surface area contributed by atoms with E-state index in [0.717, 1.165) is 31.7 Å². The van der Waals surface area contributed by atoms with E-state index in [4.69, 9.17) is 5.73 Å².